The number of anilines is 1. The summed E-state index contributed by atoms with van der Waals surface area (Å²) in [5.74, 6) is 1.64. The second kappa shape index (κ2) is 8.98. The molecular formula is C23H26N4O3. The first-order valence-electron chi connectivity index (χ1n) is 10.3. The lowest BCUT2D eigenvalue weighted by molar-refractivity contribution is -0.131. The Balaban J connectivity index is 1.26. The largest absolute Gasteiger partial charge is 0.497 e. The van der Waals surface area contributed by atoms with Gasteiger partial charge in [0.15, 0.2) is 0 Å². The van der Waals surface area contributed by atoms with Crippen molar-refractivity contribution in [2.24, 2.45) is 0 Å². The van der Waals surface area contributed by atoms with Crippen molar-refractivity contribution in [2.75, 3.05) is 38.2 Å². The maximum atomic E-state index is 12.6. The number of carbonyl (C=O) groups is 1. The Morgan fingerprint density at radius 3 is 2.53 bits per heavy atom. The summed E-state index contributed by atoms with van der Waals surface area (Å²) in [4.78, 5) is 36.3. The Morgan fingerprint density at radius 1 is 1.07 bits per heavy atom. The number of para-hydroxylation sites is 1. The van der Waals surface area contributed by atoms with Crippen LogP contribution in [0.25, 0.3) is 10.9 Å². The first-order chi connectivity index (χ1) is 14.6. The molecule has 0 saturated carbocycles. The van der Waals surface area contributed by atoms with Gasteiger partial charge in [-0.05, 0) is 42.8 Å². The number of carbonyl (C=O) groups excluding carboxylic acids is 1. The third kappa shape index (κ3) is 4.45. The SMILES string of the molecule is COc1ccc(N2CCN(C(=O)CCCc3nc4ccccc4c(=O)[nH]3)CC2)cc1. The fraction of sp³-hybridized carbons (Fsp3) is 0.348. The van der Waals surface area contributed by atoms with Crippen molar-refractivity contribution in [3.63, 3.8) is 0 Å². The summed E-state index contributed by atoms with van der Waals surface area (Å²) in [7, 11) is 1.66. The second-order valence-corrected chi connectivity index (χ2v) is 7.45. The number of methoxy groups -OCH3 is 1. The standard InChI is InChI=1S/C23H26N4O3/c1-30-18-11-9-17(10-12-18)26-13-15-27(16-14-26)22(28)8-4-7-21-24-20-6-3-2-5-19(20)23(29)25-21/h2-3,5-6,9-12H,4,7-8,13-16H2,1H3,(H,24,25,29). The molecule has 1 aliphatic rings. The zero-order valence-electron chi connectivity index (χ0n) is 17.1. The highest BCUT2D eigenvalue weighted by molar-refractivity contribution is 5.77. The zero-order chi connectivity index (χ0) is 20.9. The first kappa shape index (κ1) is 19.9. The van der Waals surface area contributed by atoms with E-state index in [0.717, 1.165) is 37.6 Å². The average molecular weight is 406 g/mol. The van der Waals surface area contributed by atoms with Crippen LogP contribution in [0.1, 0.15) is 18.7 Å². The summed E-state index contributed by atoms with van der Waals surface area (Å²) in [6.45, 7) is 3.07. The lowest BCUT2D eigenvalue weighted by Gasteiger charge is -2.36. The Bertz CT molecular complexity index is 1070. The number of rotatable bonds is 6. The summed E-state index contributed by atoms with van der Waals surface area (Å²) in [5.41, 5.74) is 1.71. The quantitative estimate of drug-likeness (QED) is 0.681. The van der Waals surface area contributed by atoms with Gasteiger partial charge in [-0.25, -0.2) is 4.98 Å². The number of hydrogen-bond donors (Lipinski definition) is 1. The molecule has 0 atom stereocenters. The Labute approximate surface area is 175 Å². The highest BCUT2D eigenvalue weighted by Crippen LogP contribution is 2.20. The molecule has 2 heterocycles. The highest BCUT2D eigenvalue weighted by atomic mass is 16.5. The molecule has 1 N–H and O–H groups in total. The summed E-state index contributed by atoms with van der Waals surface area (Å²) in [5, 5.41) is 0.590. The molecule has 1 aliphatic heterocycles. The fourth-order valence-electron chi connectivity index (χ4n) is 3.83. The molecule has 4 rings (SSSR count). The molecule has 2 aromatic carbocycles. The molecule has 3 aromatic rings. The third-order valence-corrected chi connectivity index (χ3v) is 5.54. The smallest absolute Gasteiger partial charge is 0.258 e. The van der Waals surface area contributed by atoms with E-state index < -0.39 is 0 Å². The topological polar surface area (TPSA) is 78.5 Å². The fourth-order valence-corrected chi connectivity index (χ4v) is 3.83. The predicted octanol–water partition coefficient (Wildman–Crippen LogP) is 2.60. The monoisotopic (exact) mass is 406 g/mol. The lowest BCUT2D eigenvalue weighted by Crippen LogP contribution is -2.48. The minimum Gasteiger partial charge on any atom is -0.497 e. The van der Waals surface area contributed by atoms with Crippen molar-refractivity contribution in [3.8, 4) is 5.75 Å². The maximum Gasteiger partial charge on any atom is 0.258 e. The number of ether oxygens (including phenoxy) is 1. The predicted molar refractivity (Wildman–Crippen MR) is 117 cm³/mol. The number of hydrogen-bond acceptors (Lipinski definition) is 5. The van der Waals surface area contributed by atoms with Gasteiger partial charge in [0.2, 0.25) is 5.91 Å². The summed E-state index contributed by atoms with van der Waals surface area (Å²) in [6.07, 6.45) is 1.70. The van der Waals surface area contributed by atoms with Crippen LogP contribution in [0.3, 0.4) is 0 Å². The van der Waals surface area contributed by atoms with Crippen molar-refractivity contribution >= 4 is 22.5 Å². The number of aromatic nitrogens is 2. The van der Waals surface area contributed by atoms with Crippen LogP contribution in [-0.4, -0.2) is 54.1 Å². The normalized spacial score (nSPS) is 14.2. The number of piperazine rings is 1. The van der Waals surface area contributed by atoms with Crippen molar-refractivity contribution in [1.29, 1.82) is 0 Å². The van der Waals surface area contributed by atoms with E-state index in [1.54, 1.807) is 13.2 Å². The molecular weight excluding hydrogens is 380 g/mol. The molecule has 1 amide bonds. The van der Waals surface area contributed by atoms with E-state index in [1.165, 1.54) is 0 Å². The number of H-pyrrole nitrogens is 1. The van der Waals surface area contributed by atoms with Crippen LogP contribution in [0.2, 0.25) is 0 Å². The van der Waals surface area contributed by atoms with Crippen molar-refractivity contribution in [1.82, 2.24) is 14.9 Å². The number of aromatic amines is 1. The van der Waals surface area contributed by atoms with E-state index in [4.69, 9.17) is 4.74 Å². The van der Waals surface area contributed by atoms with E-state index in [1.807, 2.05) is 47.4 Å². The van der Waals surface area contributed by atoms with Crippen LogP contribution in [0, 0.1) is 0 Å². The molecule has 0 unspecified atom stereocenters. The molecule has 1 aromatic heterocycles. The van der Waals surface area contributed by atoms with Gasteiger partial charge >= 0.3 is 0 Å². The zero-order valence-corrected chi connectivity index (χ0v) is 17.1. The second-order valence-electron chi connectivity index (χ2n) is 7.45. The third-order valence-electron chi connectivity index (χ3n) is 5.54. The van der Waals surface area contributed by atoms with Gasteiger partial charge in [-0.3, -0.25) is 9.59 Å². The number of amides is 1. The van der Waals surface area contributed by atoms with Gasteiger partial charge < -0.3 is 19.5 Å². The van der Waals surface area contributed by atoms with Gasteiger partial charge in [0.1, 0.15) is 11.6 Å². The molecule has 1 saturated heterocycles. The Morgan fingerprint density at radius 2 is 1.80 bits per heavy atom. The summed E-state index contributed by atoms with van der Waals surface area (Å²) < 4.78 is 5.21. The Hall–Kier alpha value is -3.35. The molecule has 0 bridgehead atoms. The van der Waals surface area contributed by atoms with Gasteiger partial charge in [0, 0.05) is 44.7 Å². The van der Waals surface area contributed by atoms with Crippen LogP contribution < -0.4 is 15.2 Å². The minimum absolute atomic E-state index is 0.128. The number of nitrogens with one attached hydrogen (secondary N) is 1. The van der Waals surface area contributed by atoms with Crippen molar-refractivity contribution in [3.05, 3.63) is 64.7 Å². The maximum absolute atomic E-state index is 12.6. The molecule has 1 fully saturated rings. The molecule has 156 valence electrons. The van der Waals surface area contributed by atoms with Gasteiger partial charge in [-0.2, -0.15) is 0 Å². The number of nitrogens with zero attached hydrogens (tertiary/aromatic N) is 3. The molecule has 7 nitrogen and oxygen atoms in total. The van der Waals surface area contributed by atoms with E-state index in [-0.39, 0.29) is 11.5 Å². The van der Waals surface area contributed by atoms with Crippen LogP contribution in [0.5, 0.6) is 5.75 Å². The van der Waals surface area contributed by atoms with Crippen LogP contribution in [0.15, 0.2) is 53.3 Å². The van der Waals surface area contributed by atoms with Gasteiger partial charge in [0.05, 0.1) is 18.0 Å². The molecule has 30 heavy (non-hydrogen) atoms. The van der Waals surface area contributed by atoms with E-state index >= 15 is 0 Å². The molecule has 0 radical (unpaired) electrons. The molecule has 0 spiro atoms. The summed E-state index contributed by atoms with van der Waals surface area (Å²) in [6, 6.07) is 15.3. The van der Waals surface area contributed by atoms with Gasteiger partial charge in [-0.1, -0.05) is 12.1 Å². The number of aryl methyl sites for hydroxylation is 1. The number of fused-ring (bicyclic) bond motifs is 1. The molecule has 0 aliphatic carbocycles. The minimum atomic E-state index is -0.128. The molecule has 7 heteroatoms. The first-order valence-corrected chi connectivity index (χ1v) is 10.3. The van der Waals surface area contributed by atoms with Crippen LogP contribution >= 0.6 is 0 Å². The van der Waals surface area contributed by atoms with Crippen LogP contribution in [-0.2, 0) is 11.2 Å². The van der Waals surface area contributed by atoms with E-state index in [9.17, 15) is 9.59 Å². The average Bonchev–Trinajstić information content (AvgIpc) is 2.79. The van der Waals surface area contributed by atoms with E-state index in [0.29, 0.717) is 36.0 Å². The lowest BCUT2D eigenvalue weighted by atomic mass is 10.1. The Kier molecular flexibility index (Phi) is 5.97. The number of benzene rings is 2. The van der Waals surface area contributed by atoms with Crippen molar-refractivity contribution in [2.45, 2.75) is 19.3 Å². The highest BCUT2D eigenvalue weighted by Gasteiger charge is 2.21. The van der Waals surface area contributed by atoms with Gasteiger partial charge in [0.25, 0.3) is 5.56 Å². The van der Waals surface area contributed by atoms with Crippen molar-refractivity contribution < 1.29 is 9.53 Å². The summed E-state index contributed by atoms with van der Waals surface area (Å²) >= 11 is 0. The van der Waals surface area contributed by atoms with E-state index in [2.05, 4.69) is 14.9 Å². The van der Waals surface area contributed by atoms with Crippen LogP contribution in [0.4, 0.5) is 5.69 Å². The van der Waals surface area contributed by atoms with Gasteiger partial charge in [-0.15, -0.1) is 0 Å².